The molecule has 1 aliphatic carbocycles. The summed E-state index contributed by atoms with van der Waals surface area (Å²) in [5, 5.41) is 0. The molecule has 0 unspecified atom stereocenters. The van der Waals surface area contributed by atoms with Crippen molar-refractivity contribution in [3.8, 4) is 0 Å². The van der Waals surface area contributed by atoms with E-state index in [2.05, 4.69) is 43.6 Å². The SMILES string of the molecule is C=C1CC=Cc2ncc(C(C)C)cc21. The second-order valence-electron chi connectivity index (χ2n) is 4.07. The Morgan fingerprint density at radius 3 is 2.93 bits per heavy atom. The molecule has 0 saturated carbocycles. The zero-order valence-corrected chi connectivity index (χ0v) is 8.75. The lowest BCUT2D eigenvalue weighted by Crippen LogP contribution is -1.99. The fraction of sp³-hybridized carbons (Fsp3) is 0.308. The fourth-order valence-corrected chi connectivity index (χ4v) is 1.65. The van der Waals surface area contributed by atoms with Gasteiger partial charge in [-0.2, -0.15) is 0 Å². The second-order valence-corrected chi connectivity index (χ2v) is 4.07. The first kappa shape index (κ1) is 9.20. The van der Waals surface area contributed by atoms with Gasteiger partial charge in [0.2, 0.25) is 0 Å². The molecule has 1 aromatic heterocycles. The van der Waals surface area contributed by atoms with Crippen molar-refractivity contribution in [2.24, 2.45) is 0 Å². The molecular formula is C13H15N. The van der Waals surface area contributed by atoms with Crippen molar-refractivity contribution in [1.82, 2.24) is 4.98 Å². The van der Waals surface area contributed by atoms with E-state index in [1.807, 2.05) is 6.20 Å². The van der Waals surface area contributed by atoms with E-state index in [-0.39, 0.29) is 0 Å². The van der Waals surface area contributed by atoms with E-state index in [9.17, 15) is 0 Å². The smallest absolute Gasteiger partial charge is 0.0701 e. The van der Waals surface area contributed by atoms with Gasteiger partial charge in [0, 0.05) is 11.8 Å². The fourth-order valence-electron chi connectivity index (χ4n) is 1.65. The molecule has 0 N–H and O–H groups in total. The van der Waals surface area contributed by atoms with Gasteiger partial charge < -0.3 is 0 Å². The highest BCUT2D eigenvalue weighted by Crippen LogP contribution is 2.28. The third kappa shape index (κ3) is 1.50. The molecular weight excluding hydrogens is 170 g/mol. The van der Waals surface area contributed by atoms with Crippen molar-refractivity contribution in [1.29, 1.82) is 0 Å². The van der Waals surface area contributed by atoms with Crippen molar-refractivity contribution < 1.29 is 0 Å². The summed E-state index contributed by atoms with van der Waals surface area (Å²) >= 11 is 0. The minimum atomic E-state index is 0.534. The Bertz CT molecular complexity index is 400. The normalized spacial score (nSPS) is 14.6. The summed E-state index contributed by atoms with van der Waals surface area (Å²) < 4.78 is 0. The highest BCUT2D eigenvalue weighted by Gasteiger charge is 2.11. The van der Waals surface area contributed by atoms with Gasteiger partial charge in [0.05, 0.1) is 5.69 Å². The molecule has 1 heterocycles. The molecule has 0 radical (unpaired) electrons. The number of pyridine rings is 1. The van der Waals surface area contributed by atoms with E-state index >= 15 is 0 Å². The van der Waals surface area contributed by atoms with Gasteiger partial charge in [-0.1, -0.05) is 26.5 Å². The highest BCUT2D eigenvalue weighted by atomic mass is 14.7. The van der Waals surface area contributed by atoms with Crippen LogP contribution in [0.25, 0.3) is 11.6 Å². The molecule has 1 nitrogen and oxygen atoms in total. The van der Waals surface area contributed by atoms with Crippen LogP contribution >= 0.6 is 0 Å². The lowest BCUT2D eigenvalue weighted by Gasteiger charge is -2.14. The summed E-state index contributed by atoms with van der Waals surface area (Å²) in [6, 6.07) is 2.22. The first-order valence-electron chi connectivity index (χ1n) is 5.03. The number of aromatic nitrogens is 1. The lowest BCUT2D eigenvalue weighted by atomic mass is 9.94. The molecule has 72 valence electrons. The maximum Gasteiger partial charge on any atom is 0.0701 e. The molecule has 1 heteroatoms. The van der Waals surface area contributed by atoms with Crippen LogP contribution in [0.1, 0.15) is 43.0 Å². The molecule has 0 spiro atoms. The standard InChI is InChI=1S/C13H15N/c1-9(2)11-7-12-10(3)5-4-6-13(12)14-8-11/h4,6-9H,3,5H2,1-2H3. The van der Waals surface area contributed by atoms with Gasteiger partial charge in [-0.25, -0.2) is 0 Å². The van der Waals surface area contributed by atoms with E-state index in [0.717, 1.165) is 12.1 Å². The minimum Gasteiger partial charge on any atom is -0.256 e. The van der Waals surface area contributed by atoms with Crippen LogP contribution in [-0.4, -0.2) is 4.98 Å². The predicted molar refractivity (Wildman–Crippen MR) is 61.0 cm³/mol. The maximum atomic E-state index is 4.44. The van der Waals surface area contributed by atoms with Crippen LogP contribution in [0.5, 0.6) is 0 Å². The monoisotopic (exact) mass is 185 g/mol. The van der Waals surface area contributed by atoms with Gasteiger partial charge >= 0.3 is 0 Å². The van der Waals surface area contributed by atoms with Gasteiger partial charge in [-0.05, 0) is 35.6 Å². The molecule has 0 saturated heterocycles. The summed E-state index contributed by atoms with van der Waals surface area (Å²) in [7, 11) is 0. The number of fused-ring (bicyclic) bond motifs is 1. The number of hydrogen-bond donors (Lipinski definition) is 0. The molecule has 0 bridgehead atoms. The number of hydrogen-bond acceptors (Lipinski definition) is 1. The van der Waals surface area contributed by atoms with Crippen molar-refractivity contribution >= 4 is 11.6 Å². The van der Waals surface area contributed by atoms with Gasteiger partial charge in [0.15, 0.2) is 0 Å². The number of nitrogens with zero attached hydrogens (tertiary/aromatic N) is 1. The molecule has 0 fully saturated rings. The van der Waals surface area contributed by atoms with Crippen molar-refractivity contribution in [2.75, 3.05) is 0 Å². The first-order valence-corrected chi connectivity index (χ1v) is 5.03. The van der Waals surface area contributed by atoms with Crippen molar-refractivity contribution in [3.63, 3.8) is 0 Å². The second kappa shape index (κ2) is 3.41. The van der Waals surface area contributed by atoms with Crippen LogP contribution < -0.4 is 0 Å². The van der Waals surface area contributed by atoms with Crippen LogP contribution in [0.3, 0.4) is 0 Å². The molecule has 1 aliphatic rings. The Hall–Kier alpha value is -1.37. The van der Waals surface area contributed by atoms with Crippen LogP contribution in [0.2, 0.25) is 0 Å². The summed E-state index contributed by atoms with van der Waals surface area (Å²) in [5.41, 5.74) is 4.75. The quantitative estimate of drug-likeness (QED) is 0.651. The predicted octanol–water partition coefficient (Wildman–Crippen LogP) is 3.64. The third-order valence-corrected chi connectivity index (χ3v) is 2.63. The van der Waals surface area contributed by atoms with Crippen LogP contribution in [0.4, 0.5) is 0 Å². The largest absolute Gasteiger partial charge is 0.256 e. The van der Waals surface area contributed by atoms with Crippen LogP contribution in [0, 0.1) is 0 Å². The van der Waals surface area contributed by atoms with Gasteiger partial charge in [-0.15, -0.1) is 0 Å². The van der Waals surface area contributed by atoms with Gasteiger partial charge in [0.25, 0.3) is 0 Å². The molecule has 0 amide bonds. The van der Waals surface area contributed by atoms with Crippen molar-refractivity contribution in [2.45, 2.75) is 26.2 Å². The van der Waals surface area contributed by atoms with E-state index < -0.39 is 0 Å². The topological polar surface area (TPSA) is 12.9 Å². The van der Waals surface area contributed by atoms with E-state index in [4.69, 9.17) is 0 Å². The first-order chi connectivity index (χ1) is 6.68. The number of rotatable bonds is 1. The Labute approximate surface area is 85.2 Å². The van der Waals surface area contributed by atoms with Crippen LogP contribution in [0.15, 0.2) is 24.9 Å². The molecule has 0 atom stereocenters. The molecule has 0 aromatic carbocycles. The Kier molecular flexibility index (Phi) is 2.24. The Morgan fingerprint density at radius 2 is 2.21 bits per heavy atom. The van der Waals surface area contributed by atoms with Crippen LogP contribution in [-0.2, 0) is 0 Å². The highest BCUT2D eigenvalue weighted by molar-refractivity contribution is 5.76. The summed E-state index contributed by atoms with van der Waals surface area (Å²) in [6.07, 6.45) is 7.11. The van der Waals surface area contributed by atoms with E-state index in [0.29, 0.717) is 5.92 Å². The lowest BCUT2D eigenvalue weighted by molar-refractivity contribution is 0.856. The Balaban J connectivity index is 2.52. The zero-order chi connectivity index (χ0) is 10.1. The minimum absolute atomic E-state index is 0.534. The molecule has 14 heavy (non-hydrogen) atoms. The van der Waals surface area contributed by atoms with E-state index in [1.165, 1.54) is 16.7 Å². The molecule has 2 rings (SSSR count). The van der Waals surface area contributed by atoms with Gasteiger partial charge in [0.1, 0.15) is 0 Å². The Morgan fingerprint density at radius 1 is 1.43 bits per heavy atom. The number of allylic oxidation sites excluding steroid dienone is 2. The summed E-state index contributed by atoms with van der Waals surface area (Å²) in [4.78, 5) is 4.44. The maximum absolute atomic E-state index is 4.44. The van der Waals surface area contributed by atoms with E-state index in [1.54, 1.807) is 0 Å². The zero-order valence-electron chi connectivity index (χ0n) is 8.75. The van der Waals surface area contributed by atoms with Crippen molar-refractivity contribution in [3.05, 3.63) is 41.7 Å². The summed E-state index contributed by atoms with van der Waals surface area (Å²) in [5.74, 6) is 0.534. The summed E-state index contributed by atoms with van der Waals surface area (Å²) in [6.45, 7) is 8.44. The van der Waals surface area contributed by atoms with Gasteiger partial charge in [-0.3, -0.25) is 4.98 Å². The molecule has 0 aliphatic heterocycles. The molecule has 1 aromatic rings. The average molecular weight is 185 g/mol. The average Bonchev–Trinajstić information content (AvgIpc) is 2.18. The third-order valence-electron chi connectivity index (χ3n) is 2.63.